The highest BCUT2D eigenvalue weighted by Crippen LogP contribution is 2.50. The van der Waals surface area contributed by atoms with E-state index in [0.717, 1.165) is 5.57 Å². The predicted octanol–water partition coefficient (Wildman–Crippen LogP) is 18.4. The van der Waals surface area contributed by atoms with E-state index in [-0.39, 0.29) is 0 Å². The molecule has 10 aromatic carbocycles. The minimum Gasteiger partial charge on any atom is -0.135 e. The molecule has 2 heteroatoms. The molecular weight excluding hydrogens is 785 g/mol. The smallest absolute Gasteiger partial charge is 0.0434 e. The lowest BCUT2D eigenvalue weighted by Gasteiger charge is -2.20. The van der Waals surface area contributed by atoms with Crippen molar-refractivity contribution in [1.82, 2.24) is 0 Å². The van der Waals surface area contributed by atoms with Gasteiger partial charge in [-0.3, -0.25) is 0 Å². The van der Waals surface area contributed by atoms with E-state index in [0.29, 0.717) is 0 Å². The lowest BCUT2D eigenvalue weighted by molar-refractivity contribution is 1.46. The van der Waals surface area contributed by atoms with Crippen molar-refractivity contribution in [2.75, 3.05) is 0 Å². The van der Waals surface area contributed by atoms with E-state index in [2.05, 4.69) is 215 Å². The van der Waals surface area contributed by atoms with Crippen molar-refractivity contribution >= 4 is 101 Å². The Morgan fingerprint density at radius 3 is 1.50 bits per heavy atom. The minimum atomic E-state index is 1.03. The van der Waals surface area contributed by atoms with Crippen LogP contribution in [-0.4, -0.2) is 0 Å². The molecular formula is C60H40S2. The van der Waals surface area contributed by atoms with Crippen LogP contribution in [0.3, 0.4) is 0 Å². The maximum absolute atomic E-state index is 4.29. The first-order valence-corrected chi connectivity index (χ1v) is 22.9. The van der Waals surface area contributed by atoms with Gasteiger partial charge >= 0.3 is 0 Å². The molecule has 0 spiro atoms. The minimum absolute atomic E-state index is 1.03. The van der Waals surface area contributed by atoms with Crippen molar-refractivity contribution in [2.45, 2.75) is 13.8 Å². The summed E-state index contributed by atoms with van der Waals surface area (Å²) in [7, 11) is 0. The van der Waals surface area contributed by atoms with E-state index in [1.54, 1.807) is 0 Å². The summed E-state index contributed by atoms with van der Waals surface area (Å²) in [5.74, 6) is 0. The van der Waals surface area contributed by atoms with Crippen molar-refractivity contribution in [2.24, 2.45) is 0 Å². The fraction of sp³-hybridized carbons (Fsp3) is 0.0333. The second kappa shape index (κ2) is 14.5. The normalized spacial score (nSPS) is 12.0. The van der Waals surface area contributed by atoms with Gasteiger partial charge in [0.25, 0.3) is 0 Å². The van der Waals surface area contributed by atoms with Crippen LogP contribution in [0, 0.1) is 6.92 Å². The average Bonchev–Trinajstić information content (AvgIpc) is 3.88. The third-order valence-electron chi connectivity index (χ3n) is 12.8. The molecule has 0 fully saturated rings. The molecule has 62 heavy (non-hydrogen) atoms. The van der Waals surface area contributed by atoms with Gasteiger partial charge in [-0.05, 0) is 127 Å². The molecule has 0 nitrogen and oxygen atoms in total. The van der Waals surface area contributed by atoms with E-state index in [1.807, 2.05) is 22.7 Å². The van der Waals surface area contributed by atoms with E-state index < -0.39 is 0 Å². The number of hydrogen-bond donors (Lipinski definition) is 0. The predicted molar refractivity (Wildman–Crippen MR) is 275 cm³/mol. The van der Waals surface area contributed by atoms with Crippen LogP contribution in [-0.2, 0) is 0 Å². The highest BCUT2D eigenvalue weighted by Gasteiger charge is 2.22. The van der Waals surface area contributed by atoms with Crippen LogP contribution < -0.4 is 0 Å². The first-order valence-electron chi connectivity index (χ1n) is 21.3. The first kappa shape index (κ1) is 36.7. The van der Waals surface area contributed by atoms with Gasteiger partial charge in [0.1, 0.15) is 0 Å². The average molecular weight is 825 g/mol. The topological polar surface area (TPSA) is 0 Å². The molecule has 12 aromatic rings. The maximum atomic E-state index is 4.29. The summed E-state index contributed by atoms with van der Waals surface area (Å²) in [5.41, 5.74) is 13.7. The standard InChI is InChI=1S/C60H40S2/c1-36(2)28-31-41-37(3)56(39-29-32-54-51(34-39)42-18-13-14-27-53(42)61-54)43-19-7-12-24-48(43)59(41)50-26-15-25-49-52-35-40(30-33-55(52)62-60(49)50)58-46-22-10-8-20-44(46)57(38-16-5-4-6-17-38)45-21-9-11-23-47(45)58/h4-35H,1H2,2-3H3/b31-28-. The SMILES string of the molecule is C=C(C)/C=C\c1c(C)c(-c2ccc3sc4ccccc4c3c2)c2ccccc2c1-c1cccc2c1sc1ccc(-c3c4ccccc4c(-c4ccccc4)c4ccccc34)cc12. The Labute approximate surface area is 369 Å². The van der Waals surface area contributed by atoms with Crippen molar-refractivity contribution in [1.29, 1.82) is 0 Å². The summed E-state index contributed by atoms with van der Waals surface area (Å²) in [4.78, 5) is 0. The zero-order valence-electron chi connectivity index (χ0n) is 34.5. The van der Waals surface area contributed by atoms with Crippen molar-refractivity contribution in [3.05, 3.63) is 211 Å². The van der Waals surface area contributed by atoms with Crippen LogP contribution in [0.5, 0.6) is 0 Å². The number of hydrogen-bond acceptors (Lipinski definition) is 2. The molecule has 0 bridgehead atoms. The van der Waals surface area contributed by atoms with Gasteiger partial charge in [-0.1, -0.05) is 176 Å². The summed E-state index contributed by atoms with van der Waals surface area (Å²) < 4.78 is 5.25. The molecule has 0 amide bonds. The van der Waals surface area contributed by atoms with Crippen LogP contribution in [0.2, 0.25) is 0 Å². The molecule has 0 aliphatic carbocycles. The Hall–Kier alpha value is -7.10. The lowest BCUT2D eigenvalue weighted by atomic mass is 9.83. The van der Waals surface area contributed by atoms with Gasteiger partial charge in [-0.25, -0.2) is 0 Å². The second-order valence-corrected chi connectivity index (χ2v) is 18.7. The zero-order valence-corrected chi connectivity index (χ0v) is 36.1. The third kappa shape index (κ3) is 5.72. The first-order chi connectivity index (χ1) is 30.5. The second-order valence-electron chi connectivity index (χ2n) is 16.5. The van der Waals surface area contributed by atoms with Gasteiger partial charge < -0.3 is 0 Å². The van der Waals surface area contributed by atoms with Crippen molar-refractivity contribution < 1.29 is 0 Å². The molecule has 0 radical (unpaired) electrons. The highest BCUT2D eigenvalue weighted by molar-refractivity contribution is 7.26. The van der Waals surface area contributed by atoms with Gasteiger partial charge in [0.05, 0.1) is 0 Å². The summed E-state index contributed by atoms with van der Waals surface area (Å²) in [5, 5.41) is 12.8. The monoisotopic (exact) mass is 824 g/mol. The molecule has 2 aromatic heterocycles. The third-order valence-corrected chi connectivity index (χ3v) is 15.1. The summed E-state index contributed by atoms with van der Waals surface area (Å²) >= 11 is 3.78. The fourth-order valence-corrected chi connectivity index (χ4v) is 12.4. The van der Waals surface area contributed by atoms with E-state index in [1.165, 1.54) is 128 Å². The Bertz CT molecular complexity index is 3780. The summed E-state index contributed by atoms with van der Waals surface area (Å²) in [6.07, 6.45) is 4.48. The van der Waals surface area contributed by atoms with Crippen molar-refractivity contribution in [3.8, 4) is 44.5 Å². The molecule has 0 aliphatic heterocycles. The Kier molecular flexibility index (Phi) is 8.60. The quantitative estimate of drug-likeness (QED) is 0.116. The summed E-state index contributed by atoms with van der Waals surface area (Å²) in [6.45, 7) is 8.68. The Morgan fingerprint density at radius 2 is 0.871 bits per heavy atom. The molecule has 0 unspecified atom stereocenters. The van der Waals surface area contributed by atoms with Crippen LogP contribution in [0.1, 0.15) is 18.1 Å². The number of allylic oxidation sites excluding steroid dienone is 2. The summed E-state index contributed by atoms with van der Waals surface area (Å²) in [6, 6.07) is 67.7. The van der Waals surface area contributed by atoms with Crippen LogP contribution in [0.15, 0.2) is 200 Å². The lowest BCUT2D eigenvalue weighted by Crippen LogP contribution is -1.96. The Balaban J connectivity index is 1.10. The van der Waals surface area contributed by atoms with E-state index in [4.69, 9.17) is 0 Å². The van der Waals surface area contributed by atoms with E-state index >= 15 is 0 Å². The molecule has 0 N–H and O–H groups in total. The van der Waals surface area contributed by atoms with Crippen LogP contribution in [0.4, 0.5) is 0 Å². The number of fused-ring (bicyclic) bond motifs is 9. The maximum Gasteiger partial charge on any atom is 0.0434 e. The van der Waals surface area contributed by atoms with Crippen molar-refractivity contribution in [3.63, 3.8) is 0 Å². The van der Waals surface area contributed by atoms with Gasteiger partial charge in [-0.2, -0.15) is 0 Å². The molecule has 0 atom stereocenters. The zero-order chi connectivity index (χ0) is 41.5. The fourth-order valence-electron chi connectivity index (χ4n) is 10.1. The molecule has 0 aliphatic rings. The van der Waals surface area contributed by atoms with Crippen LogP contribution >= 0.6 is 22.7 Å². The van der Waals surface area contributed by atoms with E-state index in [9.17, 15) is 0 Å². The van der Waals surface area contributed by atoms with Gasteiger partial charge in [0.2, 0.25) is 0 Å². The van der Waals surface area contributed by atoms with Crippen LogP contribution in [0.25, 0.3) is 123 Å². The molecule has 0 saturated heterocycles. The molecule has 0 saturated carbocycles. The van der Waals surface area contributed by atoms with Gasteiger partial charge in [0, 0.05) is 45.9 Å². The van der Waals surface area contributed by atoms with Gasteiger partial charge in [-0.15, -0.1) is 22.7 Å². The largest absolute Gasteiger partial charge is 0.135 e. The number of benzene rings is 10. The molecule has 12 rings (SSSR count). The highest BCUT2D eigenvalue weighted by atomic mass is 32.1. The molecule has 292 valence electrons. The number of thiophene rings is 2. The molecule has 2 heterocycles. The number of rotatable bonds is 6. The Morgan fingerprint density at radius 1 is 0.403 bits per heavy atom. The van der Waals surface area contributed by atoms with Gasteiger partial charge in [0.15, 0.2) is 0 Å².